The number of carbonyl (C=O) groups is 1. The number of piperazine rings is 1. The van der Waals surface area contributed by atoms with Crippen LogP contribution < -0.4 is 4.90 Å². The van der Waals surface area contributed by atoms with Gasteiger partial charge in [-0.25, -0.2) is 8.78 Å². The fourth-order valence-corrected chi connectivity index (χ4v) is 2.98. The molecule has 1 saturated heterocycles. The highest BCUT2D eigenvalue weighted by Crippen LogP contribution is 2.25. The molecule has 0 spiro atoms. The van der Waals surface area contributed by atoms with Gasteiger partial charge in [0.05, 0.1) is 17.3 Å². The highest BCUT2D eigenvalue weighted by atomic mass is 19.1. The van der Waals surface area contributed by atoms with Gasteiger partial charge in [-0.15, -0.1) is 0 Å². The number of nitrogens with zero attached hydrogens (tertiary/aromatic N) is 3. The van der Waals surface area contributed by atoms with Gasteiger partial charge in [0, 0.05) is 31.7 Å². The SMILES string of the molecule is Cc1cc(N2CCN(C(=O)c3cccc(F)c3)CC2)c(F)cc1C#N. The Bertz CT molecular complexity index is 852. The maximum atomic E-state index is 14.3. The van der Waals surface area contributed by atoms with Crippen molar-refractivity contribution in [3.8, 4) is 6.07 Å². The van der Waals surface area contributed by atoms with E-state index in [2.05, 4.69) is 0 Å². The van der Waals surface area contributed by atoms with Gasteiger partial charge in [-0.1, -0.05) is 6.07 Å². The van der Waals surface area contributed by atoms with E-state index in [9.17, 15) is 13.6 Å². The largest absolute Gasteiger partial charge is 0.366 e. The Balaban J connectivity index is 1.71. The topological polar surface area (TPSA) is 47.3 Å². The zero-order chi connectivity index (χ0) is 18.0. The summed E-state index contributed by atoms with van der Waals surface area (Å²) in [6.07, 6.45) is 0. The molecule has 2 aromatic carbocycles. The summed E-state index contributed by atoms with van der Waals surface area (Å²) >= 11 is 0. The number of hydrogen-bond acceptors (Lipinski definition) is 3. The number of aryl methyl sites for hydroxylation is 1. The minimum Gasteiger partial charge on any atom is -0.366 e. The monoisotopic (exact) mass is 341 g/mol. The van der Waals surface area contributed by atoms with Crippen LogP contribution in [0.25, 0.3) is 0 Å². The van der Waals surface area contributed by atoms with Gasteiger partial charge in [0.25, 0.3) is 5.91 Å². The van der Waals surface area contributed by atoms with Crippen LogP contribution in [0.5, 0.6) is 0 Å². The minimum absolute atomic E-state index is 0.226. The van der Waals surface area contributed by atoms with Crippen molar-refractivity contribution < 1.29 is 13.6 Å². The standard InChI is InChI=1S/C19H17F2N3O/c1-13-9-18(17(21)11-15(13)12-22)23-5-7-24(8-6-23)19(25)14-3-2-4-16(20)10-14/h2-4,9-11H,5-8H2,1H3. The van der Waals surface area contributed by atoms with Gasteiger partial charge in [-0.3, -0.25) is 4.79 Å². The van der Waals surface area contributed by atoms with Crippen LogP contribution in [0.3, 0.4) is 0 Å². The number of halogens is 2. The number of carbonyl (C=O) groups excluding carboxylic acids is 1. The smallest absolute Gasteiger partial charge is 0.254 e. The third-order valence-corrected chi connectivity index (χ3v) is 4.39. The minimum atomic E-state index is -0.445. The summed E-state index contributed by atoms with van der Waals surface area (Å²) in [7, 11) is 0. The van der Waals surface area contributed by atoms with Crippen LogP contribution in [-0.4, -0.2) is 37.0 Å². The van der Waals surface area contributed by atoms with E-state index < -0.39 is 11.6 Å². The van der Waals surface area contributed by atoms with E-state index in [1.807, 2.05) is 11.0 Å². The maximum Gasteiger partial charge on any atom is 0.254 e. The van der Waals surface area contributed by atoms with Crippen LogP contribution in [0.2, 0.25) is 0 Å². The predicted octanol–water partition coefficient (Wildman–Crippen LogP) is 3.11. The molecule has 25 heavy (non-hydrogen) atoms. The molecule has 1 fully saturated rings. The average Bonchev–Trinajstić information content (AvgIpc) is 2.63. The average molecular weight is 341 g/mol. The molecule has 1 heterocycles. The van der Waals surface area contributed by atoms with Crippen LogP contribution in [0.15, 0.2) is 36.4 Å². The van der Waals surface area contributed by atoms with Gasteiger partial charge < -0.3 is 9.80 Å². The van der Waals surface area contributed by atoms with E-state index in [4.69, 9.17) is 5.26 Å². The number of hydrogen-bond donors (Lipinski definition) is 0. The van der Waals surface area contributed by atoms with Crippen LogP contribution >= 0.6 is 0 Å². The molecule has 0 unspecified atom stereocenters. The Morgan fingerprint density at radius 3 is 2.48 bits per heavy atom. The summed E-state index contributed by atoms with van der Waals surface area (Å²) < 4.78 is 27.5. The Hall–Kier alpha value is -2.94. The van der Waals surface area contributed by atoms with Crippen molar-refractivity contribution in [2.45, 2.75) is 6.92 Å². The first kappa shape index (κ1) is 16.9. The Labute approximate surface area is 144 Å². The molecule has 2 aromatic rings. The first-order valence-corrected chi connectivity index (χ1v) is 7.99. The zero-order valence-electron chi connectivity index (χ0n) is 13.8. The summed E-state index contributed by atoms with van der Waals surface area (Å²) in [5.41, 5.74) is 1.79. The third kappa shape index (κ3) is 3.45. The maximum absolute atomic E-state index is 14.3. The summed E-state index contributed by atoms with van der Waals surface area (Å²) in [5.74, 6) is -1.11. The number of rotatable bonds is 2. The first-order chi connectivity index (χ1) is 12.0. The van der Waals surface area contributed by atoms with Gasteiger partial charge >= 0.3 is 0 Å². The number of nitriles is 1. The predicted molar refractivity (Wildman–Crippen MR) is 90.4 cm³/mol. The molecule has 0 radical (unpaired) electrons. The highest BCUT2D eigenvalue weighted by Gasteiger charge is 2.24. The summed E-state index contributed by atoms with van der Waals surface area (Å²) in [6, 6.07) is 10.5. The first-order valence-electron chi connectivity index (χ1n) is 7.99. The molecule has 0 N–H and O–H groups in total. The lowest BCUT2D eigenvalue weighted by Gasteiger charge is -2.36. The van der Waals surface area contributed by atoms with Gasteiger partial charge in [-0.2, -0.15) is 5.26 Å². The van der Waals surface area contributed by atoms with E-state index in [0.717, 1.165) is 5.56 Å². The summed E-state index contributed by atoms with van der Waals surface area (Å²) in [4.78, 5) is 15.9. The number of benzene rings is 2. The van der Waals surface area contributed by atoms with Gasteiger partial charge in [0.1, 0.15) is 11.6 Å². The van der Waals surface area contributed by atoms with Crippen molar-refractivity contribution in [3.63, 3.8) is 0 Å². The second kappa shape index (κ2) is 6.89. The lowest BCUT2D eigenvalue weighted by atomic mass is 10.1. The van der Waals surface area contributed by atoms with E-state index >= 15 is 0 Å². The normalized spacial score (nSPS) is 14.3. The molecule has 0 aliphatic carbocycles. The fourth-order valence-electron chi connectivity index (χ4n) is 2.98. The highest BCUT2D eigenvalue weighted by molar-refractivity contribution is 5.94. The molecule has 1 amide bonds. The van der Waals surface area contributed by atoms with Crippen molar-refractivity contribution >= 4 is 11.6 Å². The van der Waals surface area contributed by atoms with E-state index in [0.29, 0.717) is 43.0 Å². The molecule has 0 bridgehead atoms. The van der Waals surface area contributed by atoms with Crippen LogP contribution in [0, 0.1) is 29.9 Å². The molecule has 6 heteroatoms. The lowest BCUT2D eigenvalue weighted by molar-refractivity contribution is 0.0746. The zero-order valence-corrected chi connectivity index (χ0v) is 13.8. The Morgan fingerprint density at radius 2 is 1.84 bits per heavy atom. The van der Waals surface area contributed by atoms with Gasteiger partial charge in [0.15, 0.2) is 0 Å². The van der Waals surface area contributed by atoms with E-state index in [1.54, 1.807) is 24.0 Å². The van der Waals surface area contributed by atoms with Crippen molar-refractivity contribution in [2.75, 3.05) is 31.1 Å². The third-order valence-electron chi connectivity index (χ3n) is 4.39. The van der Waals surface area contributed by atoms with Crippen molar-refractivity contribution in [1.82, 2.24) is 4.90 Å². The molecular formula is C19H17F2N3O. The van der Waals surface area contributed by atoms with Crippen molar-refractivity contribution in [3.05, 3.63) is 64.7 Å². The number of amides is 1. The summed E-state index contributed by atoms with van der Waals surface area (Å²) in [6.45, 7) is 3.57. The van der Waals surface area contributed by atoms with E-state index in [-0.39, 0.29) is 5.91 Å². The molecule has 4 nitrogen and oxygen atoms in total. The fraction of sp³-hybridized carbons (Fsp3) is 0.263. The van der Waals surface area contributed by atoms with Crippen molar-refractivity contribution in [2.24, 2.45) is 0 Å². The Morgan fingerprint density at radius 1 is 1.12 bits per heavy atom. The second-order valence-electron chi connectivity index (χ2n) is 6.02. The number of anilines is 1. The van der Waals surface area contributed by atoms with E-state index in [1.165, 1.54) is 24.3 Å². The second-order valence-corrected chi connectivity index (χ2v) is 6.02. The van der Waals surface area contributed by atoms with Crippen LogP contribution in [-0.2, 0) is 0 Å². The molecule has 128 valence electrons. The molecule has 1 aliphatic heterocycles. The molecule has 3 rings (SSSR count). The molecule has 0 saturated carbocycles. The summed E-state index contributed by atoms with van der Waals surface area (Å²) in [5, 5.41) is 8.97. The molecular weight excluding hydrogens is 324 g/mol. The van der Waals surface area contributed by atoms with Crippen molar-refractivity contribution in [1.29, 1.82) is 5.26 Å². The van der Waals surface area contributed by atoms with Gasteiger partial charge in [0.2, 0.25) is 0 Å². The molecule has 0 atom stereocenters. The molecule has 0 aromatic heterocycles. The lowest BCUT2D eigenvalue weighted by Crippen LogP contribution is -2.49. The Kier molecular flexibility index (Phi) is 4.66. The van der Waals surface area contributed by atoms with Gasteiger partial charge in [-0.05, 0) is 42.8 Å². The quantitative estimate of drug-likeness (QED) is 0.843. The van der Waals surface area contributed by atoms with Crippen LogP contribution in [0.4, 0.5) is 14.5 Å². The van der Waals surface area contributed by atoms with Crippen LogP contribution in [0.1, 0.15) is 21.5 Å². The molecule has 1 aliphatic rings.